The molecule has 2 aliphatic carbocycles. The Kier molecular flexibility index (Phi) is 3.54. The van der Waals surface area contributed by atoms with Gasteiger partial charge in [-0.3, -0.25) is 14.4 Å². The molecule has 4 nitrogen and oxygen atoms in total. The number of carbonyl (C=O) groups is 3. The van der Waals surface area contributed by atoms with Crippen molar-refractivity contribution in [1.29, 1.82) is 0 Å². The van der Waals surface area contributed by atoms with Crippen LogP contribution in [0.4, 0.5) is 0 Å². The van der Waals surface area contributed by atoms with Crippen molar-refractivity contribution in [2.75, 3.05) is 0 Å². The van der Waals surface area contributed by atoms with Crippen LogP contribution in [0.1, 0.15) is 46.5 Å². The van der Waals surface area contributed by atoms with Gasteiger partial charge in [0.25, 0.3) is 0 Å². The first-order valence-corrected chi connectivity index (χ1v) is 7.10. The van der Waals surface area contributed by atoms with Crippen molar-refractivity contribution in [1.82, 2.24) is 0 Å². The second-order valence-electron chi connectivity index (χ2n) is 6.42. The number of aliphatic carboxylic acids is 1. The zero-order chi connectivity index (χ0) is 14.4. The van der Waals surface area contributed by atoms with Crippen LogP contribution in [0.15, 0.2) is 0 Å². The predicted molar refractivity (Wildman–Crippen MR) is 69.5 cm³/mol. The van der Waals surface area contributed by atoms with Gasteiger partial charge in [-0.05, 0) is 38.0 Å². The number of fused-ring (bicyclic) bond motifs is 1. The van der Waals surface area contributed by atoms with Crippen molar-refractivity contribution in [3.8, 4) is 0 Å². The van der Waals surface area contributed by atoms with Gasteiger partial charge in [-0.2, -0.15) is 0 Å². The third kappa shape index (κ3) is 2.01. The van der Waals surface area contributed by atoms with E-state index in [0.717, 1.165) is 12.8 Å². The van der Waals surface area contributed by atoms with Gasteiger partial charge in [0.05, 0.1) is 11.3 Å². The Morgan fingerprint density at radius 3 is 2.53 bits per heavy atom. The second-order valence-corrected chi connectivity index (χ2v) is 6.42. The zero-order valence-electron chi connectivity index (χ0n) is 11.8. The summed E-state index contributed by atoms with van der Waals surface area (Å²) in [6.07, 6.45) is 2.66. The van der Waals surface area contributed by atoms with Gasteiger partial charge in [-0.25, -0.2) is 0 Å². The third-order valence-corrected chi connectivity index (χ3v) is 5.46. The molecule has 0 spiro atoms. The van der Waals surface area contributed by atoms with Gasteiger partial charge in [0, 0.05) is 12.3 Å². The van der Waals surface area contributed by atoms with Crippen LogP contribution in [0.5, 0.6) is 0 Å². The summed E-state index contributed by atoms with van der Waals surface area (Å²) in [5, 5.41) is 9.16. The van der Waals surface area contributed by atoms with E-state index in [1.807, 2.05) is 0 Å². The van der Waals surface area contributed by atoms with E-state index in [4.69, 9.17) is 5.11 Å². The fourth-order valence-electron chi connectivity index (χ4n) is 4.02. The SMILES string of the molecule is CC(C(=O)O)[C@@H]1CC[C@H](C)[C@@H]2CCC(=O)[C@@]2(C)C1=O. The van der Waals surface area contributed by atoms with E-state index in [0.29, 0.717) is 18.8 Å². The van der Waals surface area contributed by atoms with Gasteiger partial charge in [-0.1, -0.05) is 13.8 Å². The summed E-state index contributed by atoms with van der Waals surface area (Å²) in [7, 11) is 0. The largest absolute Gasteiger partial charge is 0.481 e. The average Bonchev–Trinajstić information content (AvgIpc) is 2.61. The van der Waals surface area contributed by atoms with Crippen molar-refractivity contribution in [2.24, 2.45) is 29.1 Å². The van der Waals surface area contributed by atoms with Gasteiger partial charge in [-0.15, -0.1) is 0 Å². The molecule has 5 atom stereocenters. The van der Waals surface area contributed by atoms with Crippen LogP contribution in [0.25, 0.3) is 0 Å². The average molecular weight is 266 g/mol. The molecule has 0 saturated heterocycles. The Balaban J connectivity index is 2.40. The topological polar surface area (TPSA) is 71.4 Å². The van der Waals surface area contributed by atoms with Crippen molar-refractivity contribution in [3.63, 3.8) is 0 Å². The molecule has 19 heavy (non-hydrogen) atoms. The first-order chi connectivity index (χ1) is 8.80. The van der Waals surface area contributed by atoms with E-state index < -0.39 is 23.2 Å². The number of hydrogen-bond donors (Lipinski definition) is 1. The van der Waals surface area contributed by atoms with E-state index in [9.17, 15) is 14.4 Å². The number of carboxylic acid groups (broad SMARTS) is 1. The number of carboxylic acids is 1. The minimum Gasteiger partial charge on any atom is -0.481 e. The highest BCUT2D eigenvalue weighted by atomic mass is 16.4. The number of rotatable bonds is 2. The zero-order valence-corrected chi connectivity index (χ0v) is 11.8. The Morgan fingerprint density at radius 2 is 1.95 bits per heavy atom. The summed E-state index contributed by atoms with van der Waals surface area (Å²) in [5.41, 5.74) is -0.940. The van der Waals surface area contributed by atoms with Crippen LogP contribution in [0.2, 0.25) is 0 Å². The number of ketones is 2. The maximum Gasteiger partial charge on any atom is 0.306 e. The minimum absolute atomic E-state index is 0.0128. The monoisotopic (exact) mass is 266 g/mol. The molecule has 1 unspecified atom stereocenters. The highest BCUT2D eigenvalue weighted by Crippen LogP contribution is 2.51. The summed E-state index contributed by atoms with van der Waals surface area (Å²) in [5.74, 6) is -1.87. The summed E-state index contributed by atoms with van der Waals surface area (Å²) in [6, 6.07) is 0. The van der Waals surface area contributed by atoms with E-state index in [1.54, 1.807) is 13.8 Å². The highest BCUT2D eigenvalue weighted by molar-refractivity contribution is 6.10. The first kappa shape index (κ1) is 14.2. The van der Waals surface area contributed by atoms with E-state index in [-0.39, 0.29) is 17.5 Å². The lowest BCUT2D eigenvalue weighted by Crippen LogP contribution is -2.44. The van der Waals surface area contributed by atoms with Crippen LogP contribution in [0.3, 0.4) is 0 Å². The standard InChI is InChI=1S/C15H22O4/c1-8-4-5-10(9(2)14(18)19)13(17)15(3)11(8)6-7-12(15)16/h8-11H,4-7H2,1-3H3,(H,18,19)/t8-,9?,10-,11-,15-/m0/s1. The number of hydrogen-bond acceptors (Lipinski definition) is 3. The molecule has 106 valence electrons. The summed E-state index contributed by atoms with van der Waals surface area (Å²) >= 11 is 0. The Hall–Kier alpha value is -1.19. The van der Waals surface area contributed by atoms with Crippen molar-refractivity contribution < 1.29 is 19.5 Å². The lowest BCUT2D eigenvalue weighted by molar-refractivity contribution is -0.151. The van der Waals surface area contributed by atoms with E-state index >= 15 is 0 Å². The van der Waals surface area contributed by atoms with Crippen LogP contribution in [-0.2, 0) is 14.4 Å². The van der Waals surface area contributed by atoms with Crippen LogP contribution < -0.4 is 0 Å². The van der Waals surface area contributed by atoms with Crippen molar-refractivity contribution in [2.45, 2.75) is 46.5 Å². The molecule has 0 aromatic heterocycles. The van der Waals surface area contributed by atoms with Gasteiger partial charge >= 0.3 is 5.97 Å². The predicted octanol–water partition coefficient (Wildman–Crippen LogP) is 2.31. The van der Waals surface area contributed by atoms with Gasteiger partial charge in [0.15, 0.2) is 0 Å². The molecule has 2 saturated carbocycles. The smallest absolute Gasteiger partial charge is 0.306 e. The molecule has 0 amide bonds. The normalized spacial score (nSPS) is 40.7. The van der Waals surface area contributed by atoms with Crippen molar-refractivity contribution >= 4 is 17.5 Å². The van der Waals surface area contributed by atoms with Gasteiger partial charge in [0.1, 0.15) is 11.6 Å². The summed E-state index contributed by atoms with van der Waals surface area (Å²) in [4.78, 5) is 36.2. The molecule has 2 rings (SSSR count). The van der Waals surface area contributed by atoms with E-state index in [2.05, 4.69) is 6.92 Å². The van der Waals surface area contributed by atoms with E-state index in [1.165, 1.54) is 0 Å². The van der Waals surface area contributed by atoms with Gasteiger partial charge in [0.2, 0.25) is 0 Å². The number of Topliss-reactive ketones (excluding diaryl/α,β-unsaturated/α-hetero) is 2. The van der Waals surface area contributed by atoms with Crippen molar-refractivity contribution in [3.05, 3.63) is 0 Å². The Morgan fingerprint density at radius 1 is 1.32 bits per heavy atom. The van der Waals surface area contributed by atoms with Crippen LogP contribution >= 0.6 is 0 Å². The molecule has 0 aliphatic heterocycles. The molecule has 1 N–H and O–H groups in total. The summed E-state index contributed by atoms with van der Waals surface area (Å²) in [6.45, 7) is 5.42. The molecule has 0 aromatic rings. The molecular weight excluding hydrogens is 244 g/mol. The lowest BCUT2D eigenvalue weighted by atomic mass is 9.68. The molecular formula is C15H22O4. The summed E-state index contributed by atoms with van der Waals surface area (Å²) < 4.78 is 0. The molecule has 0 radical (unpaired) electrons. The molecule has 2 aliphatic rings. The Labute approximate surface area is 113 Å². The molecule has 4 heteroatoms. The fourth-order valence-corrected chi connectivity index (χ4v) is 4.02. The maximum atomic E-state index is 12.8. The molecule has 0 aromatic carbocycles. The van der Waals surface area contributed by atoms with Gasteiger partial charge < -0.3 is 5.11 Å². The molecule has 0 bridgehead atoms. The Bertz CT molecular complexity index is 428. The quantitative estimate of drug-likeness (QED) is 0.778. The minimum atomic E-state index is -0.946. The molecule has 2 fully saturated rings. The van der Waals surface area contributed by atoms with Crippen LogP contribution in [0, 0.1) is 29.1 Å². The lowest BCUT2D eigenvalue weighted by Gasteiger charge is -2.32. The first-order valence-electron chi connectivity index (χ1n) is 7.10. The third-order valence-electron chi connectivity index (χ3n) is 5.46. The maximum absolute atomic E-state index is 12.8. The molecule has 0 heterocycles. The van der Waals surface area contributed by atoms with Crippen LogP contribution in [-0.4, -0.2) is 22.6 Å². The highest BCUT2D eigenvalue weighted by Gasteiger charge is 2.57. The number of carbonyl (C=O) groups excluding carboxylic acids is 2. The second kappa shape index (κ2) is 4.73. The fraction of sp³-hybridized carbons (Fsp3) is 0.800.